The predicted octanol–water partition coefficient (Wildman–Crippen LogP) is 2.83. The van der Waals surface area contributed by atoms with Crippen molar-refractivity contribution in [2.45, 2.75) is 39.2 Å². The van der Waals surface area contributed by atoms with Gasteiger partial charge < -0.3 is 9.84 Å². The molecule has 1 rings (SSSR count). The molecule has 4 heteroatoms. The molecule has 0 amide bonds. The maximum absolute atomic E-state index is 11.8. The molecule has 0 radical (unpaired) electrons. The summed E-state index contributed by atoms with van der Waals surface area (Å²) < 4.78 is 5.28. The summed E-state index contributed by atoms with van der Waals surface area (Å²) in [5.74, 6) is -1.70. The van der Waals surface area contributed by atoms with Crippen molar-refractivity contribution in [3.63, 3.8) is 0 Å². The first kappa shape index (κ1) is 14.2. The Morgan fingerprint density at radius 2 is 1.67 bits per heavy atom. The molecule has 0 saturated carbocycles. The fraction of sp³-hybridized carbons (Fsp3) is 0.429. The van der Waals surface area contributed by atoms with Crippen LogP contribution in [0.5, 0.6) is 0 Å². The summed E-state index contributed by atoms with van der Waals surface area (Å²) in [5, 5.41) is 8.78. The number of hydrogen-bond acceptors (Lipinski definition) is 3. The molecule has 0 aliphatic carbocycles. The number of carbonyl (C=O) groups is 2. The van der Waals surface area contributed by atoms with E-state index < -0.39 is 17.5 Å². The number of hydrogen-bond donors (Lipinski definition) is 1. The maximum Gasteiger partial charge on any atom is 0.335 e. The highest BCUT2D eigenvalue weighted by Crippen LogP contribution is 2.20. The molecule has 0 aliphatic rings. The molecule has 0 aliphatic heterocycles. The highest BCUT2D eigenvalue weighted by Gasteiger charge is 2.22. The number of benzene rings is 1. The summed E-state index contributed by atoms with van der Waals surface area (Å²) in [5.41, 5.74) is 0.427. The molecule has 0 saturated heterocycles. The number of aromatic carboxylic acids is 1. The zero-order valence-corrected chi connectivity index (χ0v) is 11.1. The number of esters is 1. The summed E-state index contributed by atoms with van der Waals surface area (Å²) in [4.78, 5) is 22.6. The van der Waals surface area contributed by atoms with Crippen molar-refractivity contribution in [1.29, 1.82) is 0 Å². The first-order valence-electron chi connectivity index (χ1n) is 5.77. The Bertz CT molecular complexity index is 440. The van der Waals surface area contributed by atoms with E-state index in [0.29, 0.717) is 0 Å². The third-order valence-electron chi connectivity index (χ3n) is 2.42. The van der Waals surface area contributed by atoms with Crippen molar-refractivity contribution in [3.05, 3.63) is 35.4 Å². The number of carboxylic acid groups (broad SMARTS) is 1. The van der Waals surface area contributed by atoms with Gasteiger partial charge in [0.15, 0.2) is 0 Å². The van der Waals surface area contributed by atoms with E-state index in [9.17, 15) is 9.59 Å². The average Bonchev–Trinajstić information content (AvgIpc) is 2.26. The van der Waals surface area contributed by atoms with E-state index in [0.717, 1.165) is 5.56 Å². The smallest absolute Gasteiger partial charge is 0.335 e. The van der Waals surface area contributed by atoms with Crippen LogP contribution in [0.15, 0.2) is 24.3 Å². The van der Waals surface area contributed by atoms with E-state index in [1.54, 1.807) is 19.1 Å². The van der Waals surface area contributed by atoms with Gasteiger partial charge in [-0.15, -0.1) is 0 Å². The van der Waals surface area contributed by atoms with Crippen LogP contribution in [0, 0.1) is 0 Å². The van der Waals surface area contributed by atoms with E-state index in [2.05, 4.69) is 0 Å². The average molecular weight is 250 g/mol. The molecule has 0 heterocycles. The van der Waals surface area contributed by atoms with Gasteiger partial charge in [-0.25, -0.2) is 4.79 Å². The van der Waals surface area contributed by atoms with Crippen LogP contribution in [0.25, 0.3) is 0 Å². The summed E-state index contributed by atoms with van der Waals surface area (Å²) in [6.45, 7) is 7.17. The van der Waals surface area contributed by atoms with Crippen LogP contribution >= 0.6 is 0 Å². The van der Waals surface area contributed by atoms with Gasteiger partial charge in [-0.1, -0.05) is 12.1 Å². The molecule has 0 bridgehead atoms. The monoisotopic (exact) mass is 250 g/mol. The van der Waals surface area contributed by atoms with E-state index >= 15 is 0 Å². The summed E-state index contributed by atoms with van der Waals surface area (Å²) >= 11 is 0. The zero-order valence-electron chi connectivity index (χ0n) is 11.1. The lowest BCUT2D eigenvalue weighted by Gasteiger charge is -2.22. The zero-order chi connectivity index (χ0) is 13.9. The minimum absolute atomic E-state index is 0.204. The fourth-order valence-electron chi connectivity index (χ4n) is 1.44. The van der Waals surface area contributed by atoms with Crippen molar-refractivity contribution >= 4 is 11.9 Å². The van der Waals surface area contributed by atoms with Crippen molar-refractivity contribution in [2.75, 3.05) is 0 Å². The third kappa shape index (κ3) is 3.87. The molecule has 0 aromatic heterocycles. The largest absolute Gasteiger partial charge is 0.478 e. The van der Waals surface area contributed by atoms with Crippen LogP contribution in [0.1, 0.15) is 49.5 Å². The number of carbonyl (C=O) groups excluding carboxylic acids is 1. The van der Waals surface area contributed by atoms with E-state index in [1.165, 1.54) is 12.1 Å². The Morgan fingerprint density at radius 3 is 2.06 bits per heavy atom. The highest BCUT2D eigenvalue weighted by atomic mass is 16.6. The molecule has 1 aromatic carbocycles. The molecule has 0 fully saturated rings. The van der Waals surface area contributed by atoms with Gasteiger partial charge in [-0.3, -0.25) is 4.79 Å². The second-order valence-corrected chi connectivity index (χ2v) is 5.18. The molecule has 1 N–H and O–H groups in total. The van der Waals surface area contributed by atoms with Crippen molar-refractivity contribution in [2.24, 2.45) is 0 Å². The minimum atomic E-state index is -0.980. The van der Waals surface area contributed by atoms with Gasteiger partial charge in [0.05, 0.1) is 11.5 Å². The normalized spacial score (nSPS) is 12.9. The molecule has 1 aromatic rings. The molecule has 4 nitrogen and oxygen atoms in total. The summed E-state index contributed by atoms with van der Waals surface area (Å²) in [7, 11) is 0. The van der Waals surface area contributed by atoms with Crippen LogP contribution in [-0.2, 0) is 9.53 Å². The van der Waals surface area contributed by atoms with Crippen LogP contribution in [-0.4, -0.2) is 22.6 Å². The lowest BCUT2D eigenvalue weighted by Crippen LogP contribution is -2.26. The van der Waals surface area contributed by atoms with Gasteiger partial charge in [0.1, 0.15) is 5.60 Å². The molecule has 0 unspecified atom stereocenters. The van der Waals surface area contributed by atoms with Crippen LogP contribution < -0.4 is 0 Å². The van der Waals surface area contributed by atoms with Gasteiger partial charge in [-0.05, 0) is 45.4 Å². The van der Waals surface area contributed by atoms with Crippen LogP contribution in [0.4, 0.5) is 0 Å². The van der Waals surface area contributed by atoms with E-state index in [4.69, 9.17) is 9.84 Å². The highest BCUT2D eigenvalue weighted by molar-refractivity contribution is 5.87. The maximum atomic E-state index is 11.8. The van der Waals surface area contributed by atoms with E-state index in [1.807, 2.05) is 20.8 Å². The molecule has 18 heavy (non-hydrogen) atoms. The summed E-state index contributed by atoms with van der Waals surface area (Å²) in [6, 6.07) is 6.24. The van der Waals surface area contributed by atoms with Crippen LogP contribution in [0.3, 0.4) is 0 Å². The van der Waals surface area contributed by atoms with Crippen LogP contribution in [0.2, 0.25) is 0 Å². The molecule has 98 valence electrons. The van der Waals surface area contributed by atoms with Gasteiger partial charge in [0, 0.05) is 0 Å². The van der Waals surface area contributed by atoms with Crippen molar-refractivity contribution in [1.82, 2.24) is 0 Å². The Hall–Kier alpha value is -1.84. The van der Waals surface area contributed by atoms with Gasteiger partial charge in [-0.2, -0.15) is 0 Å². The number of rotatable bonds is 3. The SMILES string of the molecule is C[C@H](C(=O)OC(C)(C)C)c1ccc(C(=O)O)cc1. The first-order valence-corrected chi connectivity index (χ1v) is 5.77. The minimum Gasteiger partial charge on any atom is -0.478 e. The Balaban J connectivity index is 2.81. The van der Waals surface area contributed by atoms with E-state index in [-0.39, 0.29) is 11.5 Å². The lowest BCUT2D eigenvalue weighted by atomic mass is 9.99. The second-order valence-electron chi connectivity index (χ2n) is 5.18. The fourth-order valence-corrected chi connectivity index (χ4v) is 1.44. The summed E-state index contributed by atoms with van der Waals surface area (Å²) in [6.07, 6.45) is 0. The third-order valence-corrected chi connectivity index (χ3v) is 2.42. The van der Waals surface area contributed by atoms with Gasteiger partial charge >= 0.3 is 11.9 Å². The standard InChI is InChI=1S/C14H18O4/c1-9(13(17)18-14(2,3)4)10-5-7-11(8-6-10)12(15)16/h5-9H,1-4H3,(H,15,16)/t9-/m0/s1. The number of ether oxygens (including phenoxy) is 1. The van der Waals surface area contributed by atoms with Gasteiger partial charge in [0.25, 0.3) is 0 Å². The Kier molecular flexibility index (Phi) is 4.11. The predicted molar refractivity (Wildman–Crippen MR) is 67.7 cm³/mol. The van der Waals surface area contributed by atoms with Crippen molar-refractivity contribution < 1.29 is 19.4 Å². The molecular formula is C14H18O4. The quantitative estimate of drug-likeness (QED) is 0.838. The molecule has 0 spiro atoms. The topological polar surface area (TPSA) is 63.6 Å². The van der Waals surface area contributed by atoms with Gasteiger partial charge in [0.2, 0.25) is 0 Å². The Labute approximate surface area is 107 Å². The second kappa shape index (κ2) is 5.21. The van der Waals surface area contributed by atoms with Crippen molar-refractivity contribution in [3.8, 4) is 0 Å². The number of carboxylic acids is 1. The lowest BCUT2D eigenvalue weighted by molar-refractivity contribution is -0.156. The molecular weight excluding hydrogens is 232 g/mol. The first-order chi connectivity index (χ1) is 8.20. The Morgan fingerprint density at radius 1 is 1.17 bits per heavy atom. The molecule has 1 atom stereocenters.